The van der Waals surface area contributed by atoms with Crippen molar-refractivity contribution >= 4 is 23.2 Å². The molecule has 0 bridgehead atoms. The zero-order valence-electron chi connectivity index (χ0n) is 11.4. The number of aromatic nitrogens is 1. The Morgan fingerprint density at radius 3 is 2.75 bits per heavy atom. The Balaban J connectivity index is 2.29. The molecule has 0 saturated heterocycles. The van der Waals surface area contributed by atoms with Gasteiger partial charge in [0.15, 0.2) is 0 Å². The van der Waals surface area contributed by atoms with Crippen LogP contribution >= 0.6 is 23.2 Å². The van der Waals surface area contributed by atoms with Crippen LogP contribution in [0.5, 0.6) is 5.75 Å². The van der Waals surface area contributed by atoms with E-state index in [1.54, 1.807) is 19.4 Å². The zero-order chi connectivity index (χ0) is 14.5. The van der Waals surface area contributed by atoms with Crippen molar-refractivity contribution in [3.63, 3.8) is 0 Å². The lowest BCUT2D eigenvalue weighted by Gasteiger charge is -2.18. The summed E-state index contributed by atoms with van der Waals surface area (Å²) in [6.07, 6.45) is 2.46. The van der Waals surface area contributed by atoms with Crippen LogP contribution in [0.25, 0.3) is 0 Å². The quantitative estimate of drug-likeness (QED) is 0.909. The van der Waals surface area contributed by atoms with Gasteiger partial charge in [-0.2, -0.15) is 0 Å². The van der Waals surface area contributed by atoms with Gasteiger partial charge in [-0.3, -0.25) is 4.98 Å². The number of nitrogens with zero attached hydrogens (tertiary/aromatic N) is 1. The first-order valence-corrected chi connectivity index (χ1v) is 7.01. The maximum absolute atomic E-state index is 6.23. The van der Waals surface area contributed by atoms with Gasteiger partial charge in [-0.25, -0.2) is 0 Å². The Morgan fingerprint density at radius 1 is 1.30 bits per heavy atom. The van der Waals surface area contributed by atoms with Crippen LogP contribution in [0.3, 0.4) is 0 Å². The van der Waals surface area contributed by atoms with Crippen molar-refractivity contribution in [1.82, 2.24) is 10.3 Å². The van der Waals surface area contributed by atoms with Crippen LogP contribution in [0.4, 0.5) is 0 Å². The van der Waals surface area contributed by atoms with Gasteiger partial charge in [-0.15, -0.1) is 0 Å². The number of hydrogen-bond donors (Lipinski definition) is 1. The largest absolute Gasteiger partial charge is 0.495 e. The van der Waals surface area contributed by atoms with Gasteiger partial charge in [-0.05, 0) is 43.3 Å². The lowest BCUT2D eigenvalue weighted by Crippen LogP contribution is -2.21. The highest BCUT2D eigenvalue weighted by molar-refractivity contribution is 6.35. The van der Waals surface area contributed by atoms with Crippen molar-refractivity contribution in [2.45, 2.75) is 12.5 Å². The molecule has 3 nitrogen and oxygen atoms in total. The highest BCUT2D eigenvalue weighted by atomic mass is 35.5. The Hall–Kier alpha value is -1.29. The summed E-state index contributed by atoms with van der Waals surface area (Å²) in [5, 5.41) is 4.54. The third-order valence-corrected chi connectivity index (χ3v) is 3.72. The summed E-state index contributed by atoms with van der Waals surface area (Å²) in [6.45, 7) is 0. The minimum atomic E-state index is 0.0184. The van der Waals surface area contributed by atoms with E-state index in [9.17, 15) is 0 Å². The number of pyridine rings is 1. The number of rotatable bonds is 5. The second-order valence-electron chi connectivity index (χ2n) is 4.37. The van der Waals surface area contributed by atoms with E-state index in [4.69, 9.17) is 27.9 Å². The van der Waals surface area contributed by atoms with E-state index >= 15 is 0 Å². The molecule has 0 spiro atoms. The Morgan fingerprint density at radius 2 is 2.10 bits per heavy atom. The molecule has 2 aromatic rings. The van der Waals surface area contributed by atoms with Crippen LogP contribution in [0, 0.1) is 0 Å². The predicted octanol–water partition coefficient (Wildman–Crippen LogP) is 3.90. The van der Waals surface area contributed by atoms with Crippen molar-refractivity contribution < 1.29 is 4.74 Å². The van der Waals surface area contributed by atoms with Crippen molar-refractivity contribution in [3.8, 4) is 5.75 Å². The number of benzene rings is 1. The number of hydrogen-bond acceptors (Lipinski definition) is 3. The van der Waals surface area contributed by atoms with Gasteiger partial charge in [0, 0.05) is 16.2 Å². The third kappa shape index (κ3) is 3.42. The topological polar surface area (TPSA) is 34.2 Å². The maximum atomic E-state index is 6.23. The molecular weight excluding hydrogens is 295 g/mol. The minimum absolute atomic E-state index is 0.0184. The summed E-state index contributed by atoms with van der Waals surface area (Å²) < 4.78 is 5.36. The van der Waals surface area contributed by atoms with E-state index in [1.165, 1.54) is 0 Å². The summed E-state index contributed by atoms with van der Waals surface area (Å²) in [5.41, 5.74) is 1.88. The molecule has 1 heterocycles. The summed E-state index contributed by atoms with van der Waals surface area (Å²) >= 11 is 12.1. The molecule has 0 aliphatic heterocycles. The van der Waals surface area contributed by atoms with E-state index < -0.39 is 0 Å². The maximum Gasteiger partial charge on any atom is 0.141 e. The smallest absolute Gasteiger partial charge is 0.141 e. The molecule has 1 unspecified atom stereocenters. The molecule has 106 valence electrons. The Kier molecular flexibility index (Phi) is 5.24. The Bertz CT molecular complexity index is 590. The van der Waals surface area contributed by atoms with Gasteiger partial charge in [0.05, 0.1) is 18.8 Å². The van der Waals surface area contributed by atoms with Crippen molar-refractivity contribution in [3.05, 3.63) is 57.8 Å². The van der Waals surface area contributed by atoms with Gasteiger partial charge in [0.2, 0.25) is 0 Å². The fourth-order valence-electron chi connectivity index (χ4n) is 2.08. The van der Waals surface area contributed by atoms with Gasteiger partial charge in [0.25, 0.3) is 0 Å². The van der Waals surface area contributed by atoms with Gasteiger partial charge < -0.3 is 10.1 Å². The first-order chi connectivity index (χ1) is 9.65. The number of nitrogens with one attached hydrogen (secondary N) is 1. The van der Waals surface area contributed by atoms with E-state index in [-0.39, 0.29) is 6.04 Å². The molecule has 1 aromatic carbocycles. The molecule has 0 aliphatic rings. The standard InChI is InChI=1S/C15H16Cl2N2O/c1-18-13(15-14(20-2)4-3-7-19-15)8-10-5-6-11(16)9-12(10)17/h3-7,9,13,18H,8H2,1-2H3. The lowest BCUT2D eigenvalue weighted by molar-refractivity contribution is 0.396. The molecule has 5 heteroatoms. The van der Waals surface area contributed by atoms with Crippen molar-refractivity contribution in [2.24, 2.45) is 0 Å². The molecular formula is C15H16Cl2N2O. The number of likely N-dealkylation sites (N-methyl/N-ethyl adjacent to an activating group) is 1. The monoisotopic (exact) mass is 310 g/mol. The first kappa shape index (κ1) is 15.1. The minimum Gasteiger partial charge on any atom is -0.495 e. The molecule has 1 aromatic heterocycles. The van der Waals surface area contributed by atoms with Crippen molar-refractivity contribution in [2.75, 3.05) is 14.2 Å². The summed E-state index contributed by atoms with van der Waals surface area (Å²) in [5.74, 6) is 0.761. The lowest BCUT2D eigenvalue weighted by atomic mass is 10.0. The molecule has 0 saturated carbocycles. The van der Waals surface area contributed by atoms with Crippen LogP contribution in [0.1, 0.15) is 17.3 Å². The summed E-state index contributed by atoms with van der Waals surface area (Å²) in [6, 6.07) is 9.29. The third-order valence-electron chi connectivity index (χ3n) is 3.14. The molecule has 1 N–H and O–H groups in total. The molecule has 0 fully saturated rings. The van der Waals surface area contributed by atoms with Crippen LogP contribution in [-0.4, -0.2) is 19.1 Å². The van der Waals surface area contributed by atoms with Crippen LogP contribution < -0.4 is 10.1 Å². The molecule has 1 atom stereocenters. The van der Waals surface area contributed by atoms with Crippen molar-refractivity contribution in [1.29, 1.82) is 0 Å². The molecule has 0 radical (unpaired) electrons. The van der Waals surface area contributed by atoms with Gasteiger partial charge in [0.1, 0.15) is 5.75 Å². The average molecular weight is 311 g/mol. The first-order valence-electron chi connectivity index (χ1n) is 6.25. The summed E-state index contributed by atoms with van der Waals surface area (Å²) in [4.78, 5) is 4.41. The normalized spacial score (nSPS) is 12.2. The molecule has 0 amide bonds. The fraction of sp³-hybridized carbons (Fsp3) is 0.267. The van der Waals surface area contributed by atoms with E-state index in [0.717, 1.165) is 17.0 Å². The molecule has 2 rings (SSSR count). The summed E-state index contributed by atoms with van der Waals surface area (Å²) in [7, 11) is 3.53. The average Bonchev–Trinajstić information content (AvgIpc) is 2.46. The zero-order valence-corrected chi connectivity index (χ0v) is 12.9. The number of halogens is 2. The second kappa shape index (κ2) is 6.93. The number of ether oxygens (including phenoxy) is 1. The van der Waals surface area contributed by atoms with E-state index in [1.807, 2.05) is 31.3 Å². The van der Waals surface area contributed by atoms with Crippen LogP contribution in [0.15, 0.2) is 36.5 Å². The fourth-order valence-corrected chi connectivity index (χ4v) is 2.57. The number of methoxy groups -OCH3 is 1. The van der Waals surface area contributed by atoms with Crippen LogP contribution in [0.2, 0.25) is 10.0 Å². The van der Waals surface area contributed by atoms with Gasteiger partial charge in [-0.1, -0.05) is 29.3 Å². The molecule has 0 aliphatic carbocycles. The SMILES string of the molecule is CNC(Cc1ccc(Cl)cc1Cl)c1ncccc1OC. The molecule has 20 heavy (non-hydrogen) atoms. The van der Waals surface area contributed by atoms with E-state index in [0.29, 0.717) is 16.5 Å². The van der Waals surface area contributed by atoms with E-state index in [2.05, 4.69) is 10.3 Å². The Labute approximate surface area is 128 Å². The highest BCUT2D eigenvalue weighted by Gasteiger charge is 2.17. The highest BCUT2D eigenvalue weighted by Crippen LogP contribution is 2.28. The van der Waals surface area contributed by atoms with Crippen LogP contribution in [-0.2, 0) is 6.42 Å². The second-order valence-corrected chi connectivity index (χ2v) is 5.22. The van der Waals surface area contributed by atoms with Gasteiger partial charge >= 0.3 is 0 Å². The predicted molar refractivity (Wildman–Crippen MR) is 82.8 cm³/mol.